The van der Waals surface area contributed by atoms with Gasteiger partial charge < -0.3 is 31.5 Å². The van der Waals surface area contributed by atoms with Gasteiger partial charge in [0.05, 0.1) is 12.0 Å². The largest absolute Gasteiger partial charge is 0.481 e. The molecule has 248 valence electrons. The highest BCUT2D eigenvalue weighted by Crippen LogP contribution is 2.38. The van der Waals surface area contributed by atoms with Gasteiger partial charge in [-0.25, -0.2) is 4.79 Å². The Bertz CT molecular complexity index is 1500. The molecule has 0 heterocycles. The number of hydrogen-bond acceptors (Lipinski definition) is 9. The lowest BCUT2D eigenvalue weighted by Crippen LogP contribution is -2.44. The Kier molecular flexibility index (Phi) is 12.5. The Hall–Kier alpha value is -4.65. The quantitative estimate of drug-likeness (QED) is 0.149. The molecule has 0 aliphatic heterocycles. The highest BCUT2D eigenvalue weighted by Gasteiger charge is 2.37. The zero-order valence-corrected chi connectivity index (χ0v) is 26.3. The molecule has 1 unspecified atom stereocenters. The molecular weight excluding hydrogens is 596 g/mol. The maximum atomic E-state index is 13.6. The van der Waals surface area contributed by atoms with E-state index in [-0.39, 0.29) is 68.8 Å². The molecule has 2 aromatic carbocycles. The molecule has 3 rings (SSSR count). The standard InChI is InChI=1S/C33H42N4O9/c1-4-23(34)26(38)17-18(32(44)35-16-15-24(33(45)46)36-27(39)9-6-10-28(40)41)11-12-22-30(42)20-8-5-7-19-25(37(2)3)14-13-21(29(19)20)31(22)43/h5,7-8,13-14,18,22-24H,4,6,9-12,15-17,34H2,1-3H3,(H,35,44)(H,36,39)(H,40,41)(H,45,46)/t18-,22?,23-,24+/m0/s1. The average Bonchev–Trinajstić information content (AvgIpc) is 3.01. The van der Waals surface area contributed by atoms with Gasteiger partial charge in [0.1, 0.15) is 11.8 Å². The second kappa shape index (κ2) is 16.1. The summed E-state index contributed by atoms with van der Waals surface area (Å²) >= 11 is 0. The fourth-order valence-electron chi connectivity index (χ4n) is 5.67. The molecule has 0 fully saturated rings. The average molecular weight is 639 g/mol. The highest BCUT2D eigenvalue weighted by atomic mass is 16.4. The van der Waals surface area contributed by atoms with Crippen molar-refractivity contribution in [2.24, 2.45) is 17.6 Å². The molecule has 13 heteroatoms. The zero-order chi connectivity index (χ0) is 34.1. The lowest BCUT2D eigenvalue weighted by Gasteiger charge is -2.26. The summed E-state index contributed by atoms with van der Waals surface area (Å²) in [5, 5.41) is 24.6. The predicted octanol–water partition coefficient (Wildman–Crippen LogP) is 2.32. The van der Waals surface area contributed by atoms with E-state index in [1.807, 2.05) is 31.1 Å². The number of Topliss-reactive ketones (excluding diaryl/α,β-unsaturated/α-hetero) is 3. The molecule has 46 heavy (non-hydrogen) atoms. The second-order valence-corrected chi connectivity index (χ2v) is 11.8. The lowest BCUT2D eigenvalue weighted by atomic mass is 9.76. The normalized spacial score (nSPS) is 16.0. The molecule has 0 spiro atoms. The monoisotopic (exact) mass is 638 g/mol. The van der Waals surface area contributed by atoms with Crippen LogP contribution in [0.25, 0.3) is 10.8 Å². The van der Waals surface area contributed by atoms with Crippen LogP contribution in [0.5, 0.6) is 0 Å². The van der Waals surface area contributed by atoms with Crippen molar-refractivity contribution in [3.8, 4) is 0 Å². The van der Waals surface area contributed by atoms with E-state index in [1.165, 1.54) is 0 Å². The van der Waals surface area contributed by atoms with E-state index in [1.54, 1.807) is 25.1 Å². The molecule has 0 bridgehead atoms. The van der Waals surface area contributed by atoms with Gasteiger partial charge >= 0.3 is 11.9 Å². The number of ketones is 3. The molecule has 0 radical (unpaired) electrons. The number of aliphatic carboxylic acids is 2. The molecule has 13 nitrogen and oxygen atoms in total. The van der Waals surface area contributed by atoms with Crippen molar-refractivity contribution in [1.29, 1.82) is 0 Å². The van der Waals surface area contributed by atoms with E-state index in [9.17, 15) is 38.7 Å². The van der Waals surface area contributed by atoms with Crippen LogP contribution in [-0.2, 0) is 24.0 Å². The third-order valence-electron chi connectivity index (χ3n) is 8.30. The van der Waals surface area contributed by atoms with Crippen LogP contribution < -0.4 is 21.3 Å². The van der Waals surface area contributed by atoms with Crippen molar-refractivity contribution in [3.05, 3.63) is 41.5 Å². The third kappa shape index (κ3) is 8.75. The highest BCUT2D eigenvalue weighted by molar-refractivity contribution is 6.30. The number of hydrogen-bond donors (Lipinski definition) is 5. The predicted molar refractivity (Wildman–Crippen MR) is 170 cm³/mol. The number of nitrogens with zero attached hydrogens (tertiary/aromatic N) is 1. The Balaban J connectivity index is 1.71. The van der Waals surface area contributed by atoms with Crippen molar-refractivity contribution in [2.75, 3.05) is 25.5 Å². The van der Waals surface area contributed by atoms with Gasteiger partial charge in [0.2, 0.25) is 11.8 Å². The minimum atomic E-state index is -1.33. The fourth-order valence-corrected chi connectivity index (χ4v) is 5.67. The van der Waals surface area contributed by atoms with Crippen LogP contribution in [0, 0.1) is 11.8 Å². The van der Waals surface area contributed by atoms with Gasteiger partial charge in [-0.1, -0.05) is 25.1 Å². The number of benzene rings is 2. The van der Waals surface area contributed by atoms with Crippen LogP contribution in [0.2, 0.25) is 0 Å². The topological polar surface area (TPSA) is 213 Å². The first kappa shape index (κ1) is 35.8. The Labute approximate surface area is 266 Å². The third-order valence-corrected chi connectivity index (χ3v) is 8.30. The van der Waals surface area contributed by atoms with E-state index in [0.29, 0.717) is 22.9 Å². The number of nitrogens with one attached hydrogen (secondary N) is 2. The van der Waals surface area contributed by atoms with Crippen LogP contribution in [-0.4, -0.2) is 84.0 Å². The van der Waals surface area contributed by atoms with E-state index < -0.39 is 47.7 Å². The molecule has 0 saturated heterocycles. The molecular formula is C33H42N4O9. The smallest absolute Gasteiger partial charge is 0.326 e. The first-order valence-corrected chi connectivity index (χ1v) is 15.4. The molecule has 1 aliphatic carbocycles. The van der Waals surface area contributed by atoms with Gasteiger partial charge in [0.15, 0.2) is 11.6 Å². The summed E-state index contributed by atoms with van der Waals surface area (Å²) in [5.74, 6) is -6.63. The van der Waals surface area contributed by atoms with Crippen LogP contribution >= 0.6 is 0 Å². The number of nitrogens with two attached hydrogens (primary N) is 1. The summed E-state index contributed by atoms with van der Waals surface area (Å²) in [5.41, 5.74) is 7.64. The van der Waals surface area contributed by atoms with Crippen molar-refractivity contribution >= 4 is 57.6 Å². The van der Waals surface area contributed by atoms with Crippen LogP contribution in [0.15, 0.2) is 30.3 Å². The molecule has 1 aliphatic rings. The van der Waals surface area contributed by atoms with Gasteiger partial charge in [-0.15, -0.1) is 0 Å². The van der Waals surface area contributed by atoms with Crippen LogP contribution in [0.1, 0.15) is 79.0 Å². The molecule has 0 saturated carbocycles. The summed E-state index contributed by atoms with van der Waals surface area (Å²) in [6.07, 6.45) is -0.356. The van der Waals surface area contributed by atoms with Gasteiger partial charge in [-0.05, 0) is 44.2 Å². The number of amides is 2. The maximum Gasteiger partial charge on any atom is 0.326 e. The van der Waals surface area contributed by atoms with Crippen LogP contribution in [0.3, 0.4) is 0 Å². The van der Waals surface area contributed by atoms with E-state index in [4.69, 9.17) is 10.8 Å². The van der Waals surface area contributed by atoms with Crippen molar-refractivity contribution in [2.45, 2.75) is 70.4 Å². The fraction of sp³-hybridized carbons (Fsp3) is 0.485. The number of rotatable bonds is 18. The Morgan fingerprint density at radius 2 is 1.63 bits per heavy atom. The Morgan fingerprint density at radius 1 is 0.957 bits per heavy atom. The summed E-state index contributed by atoms with van der Waals surface area (Å²) in [7, 11) is 3.75. The molecule has 4 atom stereocenters. The minimum absolute atomic E-state index is 0.0137. The first-order chi connectivity index (χ1) is 21.8. The SMILES string of the molecule is CC[C@H](N)C(=O)C[C@H](CCC1C(=O)c2cccc3c(N(C)C)ccc(c23)C1=O)C(=O)NCC[C@@H](NC(=O)CCCC(=O)O)C(=O)O. The zero-order valence-electron chi connectivity index (χ0n) is 26.3. The first-order valence-electron chi connectivity index (χ1n) is 15.4. The van der Waals surface area contributed by atoms with Gasteiger partial charge in [-0.2, -0.15) is 0 Å². The van der Waals surface area contributed by atoms with Crippen molar-refractivity contribution in [1.82, 2.24) is 10.6 Å². The van der Waals surface area contributed by atoms with E-state index in [2.05, 4.69) is 10.6 Å². The molecule has 0 aromatic heterocycles. The number of carboxylic acid groups (broad SMARTS) is 2. The van der Waals surface area contributed by atoms with Gasteiger partial charge in [0, 0.05) is 73.4 Å². The number of carbonyl (C=O) groups excluding carboxylic acids is 5. The molecule has 2 amide bonds. The molecule has 2 aromatic rings. The number of carboxylic acids is 2. The lowest BCUT2D eigenvalue weighted by molar-refractivity contribution is -0.142. The summed E-state index contributed by atoms with van der Waals surface area (Å²) in [4.78, 5) is 89.6. The van der Waals surface area contributed by atoms with Crippen molar-refractivity contribution in [3.63, 3.8) is 0 Å². The maximum absolute atomic E-state index is 13.6. The van der Waals surface area contributed by atoms with Crippen LogP contribution in [0.4, 0.5) is 5.69 Å². The van der Waals surface area contributed by atoms with Gasteiger partial charge in [0.25, 0.3) is 0 Å². The van der Waals surface area contributed by atoms with Gasteiger partial charge in [-0.3, -0.25) is 28.8 Å². The minimum Gasteiger partial charge on any atom is -0.481 e. The van der Waals surface area contributed by atoms with E-state index in [0.717, 1.165) is 11.1 Å². The second-order valence-electron chi connectivity index (χ2n) is 11.8. The summed E-state index contributed by atoms with van der Waals surface area (Å²) in [6, 6.07) is 6.72. The number of carbonyl (C=O) groups is 7. The van der Waals surface area contributed by atoms with Crippen molar-refractivity contribution < 1.29 is 43.8 Å². The molecule has 6 N–H and O–H groups in total. The van der Waals surface area contributed by atoms with E-state index >= 15 is 0 Å². The summed E-state index contributed by atoms with van der Waals surface area (Å²) < 4.78 is 0. The summed E-state index contributed by atoms with van der Waals surface area (Å²) in [6.45, 7) is 1.58. The number of anilines is 1. The Morgan fingerprint density at radius 3 is 2.24 bits per heavy atom.